The number of aromatic amines is 1. The first-order valence-corrected chi connectivity index (χ1v) is 11.8. The topological polar surface area (TPSA) is 96.9 Å². The number of fused-ring (bicyclic) bond motifs is 1. The fourth-order valence-electron chi connectivity index (χ4n) is 3.91. The highest BCUT2D eigenvalue weighted by Gasteiger charge is 2.14. The minimum Gasteiger partial charge on any atom is -0.483 e. The minimum atomic E-state index is -0.233. The van der Waals surface area contributed by atoms with E-state index < -0.39 is 0 Å². The zero-order valence-corrected chi connectivity index (χ0v) is 20.4. The Hall–Kier alpha value is -4.50. The van der Waals surface area contributed by atoms with Crippen molar-refractivity contribution in [1.82, 2.24) is 19.9 Å². The number of rotatable bonds is 8. The molecule has 0 saturated carbocycles. The molecule has 0 saturated heterocycles. The van der Waals surface area contributed by atoms with Crippen molar-refractivity contribution in [3.63, 3.8) is 0 Å². The summed E-state index contributed by atoms with van der Waals surface area (Å²) >= 11 is 5.46. The Morgan fingerprint density at radius 2 is 1.81 bits per heavy atom. The normalized spacial score (nSPS) is 10.8. The molecule has 0 atom stereocenters. The van der Waals surface area contributed by atoms with Crippen LogP contribution >= 0.6 is 12.2 Å². The van der Waals surface area contributed by atoms with Gasteiger partial charge in [0.1, 0.15) is 5.75 Å². The number of H-pyrrole nitrogens is 1. The molecule has 3 aromatic carbocycles. The van der Waals surface area contributed by atoms with Gasteiger partial charge in [-0.05, 0) is 60.2 Å². The molecule has 0 aliphatic rings. The van der Waals surface area contributed by atoms with E-state index >= 15 is 0 Å². The van der Waals surface area contributed by atoms with Gasteiger partial charge in [0, 0.05) is 29.2 Å². The summed E-state index contributed by atoms with van der Waals surface area (Å²) in [6, 6.07) is 23.3. The first-order valence-electron chi connectivity index (χ1n) is 11.4. The Morgan fingerprint density at radius 3 is 2.61 bits per heavy atom. The van der Waals surface area contributed by atoms with Gasteiger partial charge in [0.25, 0.3) is 5.91 Å². The molecular weight excluding hydrogens is 472 g/mol. The lowest BCUT2D eigenvalue weighted by molar-refractivity contribution is -0.118. The first-order chi connectivity index (χ1) is 17.6. The molecule has 5 aromatic rings. The highest BCUT2D eigenvalue weighted by atomic mass is 32.1. The summed E-state index contributed by atoms with van der Waals surface area (Å²) < 4.78 is 8.15. The summed E-state index contributed by atoms with van der Waals surface area (Å²) in [6.45, 7) is 2.27. The van der Waals surface area contributed by atoms with Crippen molar-refractivity contribution < 1.29 is 9.53 Å². The Kier molecular flexibility index (Phi) is 6.72. The molecule has 0 aliphatic carbocycles. The van der Waals surface area contributed by atoms with Gasteiger partial charge in [-0.25, -0.2) is 9.77 Å². The number of nitrogens with one attached hydrogen (secondary N) is 3. The number of carbonyl (C=O) groups excluding carboxylic acids is 1. The maximum atomic E-state index is 12.5. The van der Waals surface area contributed by atoms with Crippen LogP contribution in [-0.4, -0.2) is 32.4 Å². The van der Waals surface area contributed by atoms with E-state index in [0.29, 0.717) is 22.9 Å². The number of ether oxygens (including phenoxy) is 1. The molecule has 0 radical (unpaired) electrons. The summed E-state index contributed by atoms with van der Waals surface area (Å²) in [7, 11) is 0. The Bertz CT molecular complexity index is 1560. The van der Waals surface area contributed by atoms with Crippen molar-refractivity contribution in [2.45, 2.75) is 13.5 Å². The summed E-state index contributed by atoms with van der Waals surface area (Å²) in [5.41, 5.74) is 6.99. The van der Waals surface area contributed by atoms with E-state index in [9.17, 15) is 4.79 Å². The molecule has 3 N–H and O–H groups in total. The number of pyridine rings is 1. The van der Waals surface area contributed by atoms with Crippen LogP contribution in [-0.2, 0) is 11.3 Å². The van der Waals surface area contributed by atoms with E-state index in [0.717, 1.165) is 33.2 Å². The summed E-state index contributed by atoms with van der Waals surface area (Å²) in [6.07, 6.45) is 3.41. The van der Waals surface area contributed by atoms with E-state index in [1.54, 1.807) is 17.1 Å². The fourth-order valence-corrected chi connectivity index (χ4v) is 4.10. The number of anilines is 1. The van der Waals surface area contributed by atoms with E-state index in [1.165, 1.54) is 0 Å². The van der Waals surface area contributed by atoms with Gasteiger partial charge in [0.15, 0.2) is 12.4 Å². The lowest BCUT2D eigenvalue weighted by Gasteiger charge is -2.16. The molecule has 5 rings (SSSR count). The van der Waals surface area contributed by atoms with Crippen LogP contribution in [0.1, 0.15) is 11.1 Å². The molecule has 36 heavy (non-hydrogen) atoms. The molecule has 8 nitrogen and oxygen atoms in total. The first kappa shape index (κ1) is 23.3. The second-order valence-corrected chi connectivity index (χ2v) is 8.61. The van der Waals surface area contributed by atoms with Gasteiger partial charge in [-0.3, -0.25) is 9.78 Å². The number of hydrogen-bond donors (Lipinski definition) is 3. The van der Waals surface area contributed by atoms with Gasteiger partial charge < -0.3 is 15.5 Å². The quantitative estimate of drug-likeness (QED) is 0.255. The zero-order valence-electron chi connectivity index (χ0n) is 19.6. The molecule has 0 unspecified atom stereocenters. The third-order valence-corrected chi connectivity index (χ3v) is 5.99. The van der Waals surface area contributed by atoms with Gasteiger partial charge in [0.05, 0.1) is 6.54 Å². The smallest absolute Gasteiger partial charge is 0.262 e. The Labute approximate surface area is 212 Å². The van der Waals surface area contributed by atoms with Crippen LogP contribution < -0.4 is 15.5 Å². The molecule has 1 amide bonds. The maximum absolute atomic E-state index is 12.5. The highest BCUT2D eigenvalue weighted by molar-refractivity contribution is 7.71. The third-order valence-electron chi connectivity index (χ3n) is 5.72. The van der Waals surface area contributed by atoms with Gasteiger partial charge >= 0.3 is 0 Å². The standard InChI is InChI=1S/C27H24N6O2S/c1-18-6-9-21(10-7-18)30-25(34)17-35-24-11-8-19-4-2-3-5-22(19)23(24)16-29-33-26(31-32-27(33)36)20-12-14-28-15-13-20/h2-15,29H,16-17H2,1H3,(H,30,34)(H,32,36). The SMILES string of the molecule is Cc1ccc(NC(=O)COc2ccc3ccccc3c2CNn2c(-c3ccncc3)n[nH]c2=S)cc1. The highest BCUT2D eigenvalue weighted by Crippen LogP contribution is 2.29. The van der Waals surface area contributed by atoms with Gasteiger partial charge in [0.2, 0.25) is 4.77 Å². The summed E-state index contributed by atoms with van der Waals surface area (Å²) in [5, 5.41) is 12.1. The molecule has 2 aromatic heterocycles. The van der Waals surface area contributed by atoms with Crippen molar-refractivity contribution in [3.8, 4) is 17.1 Å². The summed E-state index contributed by atoms with van der Waals surface area (Å²) in [5.74, 6) is 1.02. The van der Waals surface area contributed by atoms with E-state index in [2.05, 4.69) is 25.9 Å². The monoisotopic (exact) mass is 496 g/mol. The second-order valence-electron chi connectivity index (χ2n) is 8.22. The molecule has 2 heterocycles. The van der Waals surface area contributed by atoms with E-state index in [1.807, 2.05) is 79.7 Å². The van der Waals surface area contributed by atoms with E-state index in [4.69, 9.17) is 17.0 Å². The Balaban J connectivity index is 1.38. The number of aromatic nitrogens is 4. The van der Waals surface area contributed by atoms with Gasteiger partial charge in [-0.1, -0.05) is 48.0 Å². The van der Waals surface area contributed by atoms with Crippen LogP contribution in [0.15, 0.2) is 85.2 Å². The second kappa shape index (κ2) is 10.4. The molecule has 9 heteroatoms. The number of aryl methyl sites for hydroxylation is 1. The van der Waals surface area contributed by atoms with Crippen LogP contribution in [0.3, 0.4) is 0 Å². The van der Waals surface area contributed by atoms with Crippen molar-refractivity contribution in [2.75, 3.05) is 17.3 Å². The lowest BCUT2D eigenvalue weighted by Crippen LogP contribution is -2.21. The predicted octanol–water partition coefficient (Wildman–Crippen LogP) is 5.23. The zero-order chi connectivity index (χ0) is 24.9. The predicted molar refractivity (Wildman–Crippen MR) is 143 cm³/mol. The average molecular weight is 497 g/mol. The van der Waals surface area contributed by atoms with Crippen molar-refractivity contribution in [2.24, 2.45) is 0 Å². The lowest BCUT2D eigenvalue weighted by atomic mass is 10.0. The number of nitrogens with zero attached hydrogens (tertiary/aromatic N) is 3. The number of carbonyl (C=O) groups is 1. The summed E-state index contributed by atoms with van der Waals surface area (Å²) in [4.78, 5) is 16.6. The molecule has 0 bridgehead atoms. The van der Waals surface area contributed by atoms with Crippen molar-refractivity contribution in [1.29, 1.82) is 0 Å². The molecule has 0 fully saturated rings. The van der Waals surface area contributed by atoms with Gasteiger partial charge in [-0.15, -0.1) is 0 Å². The molecule has 180 valence electrons. The third kappa shape index (κ3) is 5.11. The number of hydrogen-bond acceptors (Lipinski definition) is 6. The van der Waals surface area contributed by atoms with Gasteiger partial charge in [-0.2, -0.15) is 5.10 Å². The molecular formula is C27H24N6O2S. The van der Waals surface area contributed by atoms with Crippen molar-refractivity contribution >= 4 is 34.6 Å². The van der Waals surface area contributed by atoms with Crippen LogP contribution in [0, 0.1) is 11.7 Å². The van der Waals surface area contributed by atoms with Crippen LogP contribution in [0.25, 0.3) is 22.2 Å². The maximum Gasteiger partial charge on any atom is 0.262 e. The van der Waals surface area contributed by atoms with Crippen LogP contribution in [0.5, 0.6) is 5.75 Å². The van der Waals surface area contributed by atoms with Crippen LogP contribution in [0.4, 0.5) is 5.69 Å². The number of amides is 1. The molecule has 0 spiro atoms. The molecule has 0 aliphatic heterocycles. The minimum absolute atomic E-state index is 0.118. The Morgan fingerprint density at radius 1 is 1.03 bits per heavy atom. The average Bonchev–Trinajstić information content (AvgIpc) is 3.28. The largest absolute Gasteiger partial charge is 0.483 e. The van der Waals surface area contributed by atoms with Crippen LogP contribution in [0.2, 0.25) is 0 Å². The van der Waals surface area contributed by atoms with Crippen molar-refractivity contribution in [3.05, 3.63) is 101 Å². The fraction of sp³-hybridized carbons (Fsp3) is 0.111. The van der Waals surface area contributed by atoms with E-state index in [-0.39, 0.29) is 12.5 Å². The number of benzene rings is 3.